The molecule has 0 spiro atoms. The summed E-state index contributed by atoms with van der Waals surface area (Å²) in [7, 11) is 0. The number of aliphatic carboxylic acids is 1. The van der Waals surface area contributed by atoms with E-state index in [0.717, 1.165) is 0 Å². The van der Waals surface area contributed by atoms with E-state index in [-0.39, 0.29) is 0 Å². The lowest BCUT2D eigenvalue weighted by Crippen LogP contribution is -2.31. The number of carbonyl (C=O) groups is 2. The van der Waals surface area contributed by atoms with Crippen molar-refractivity contribution in [2.75, 3.05) is 0 Å². The van der Waals surface area contributed by atoms with Gasteiger partial charge in [0.2, 0.25) is 0 Å². The van der Waals surface area contributed by atoms with Crippen molar-refractivity contribution in [3.63, 3.8) is 0 Å². The smallest absolute Gasteiger partial charge is 0.425 e. The molecule has 0 aromatic heterocycles. The van der Waals surface area contributed by atoms with E-state index in [1.807, 2.05) is 0 Å². The lowest BCUT2D eigenvalue weighted by molar-refractivity contribution is -0.213. The summed E-state index contributed by atoms with van der Waals surface area (Å²) in [5.74, 6) is -2.62. The van der Waals surface area contributed by atoms with Gasteiger partial charge in [0.15, 0.2) is 6.10 Å². The van der Waals surface area contributed by atoms with Crippen LogP contribution in [0.5, 0.6) is 0 Å². The highest BCUT2D eigenvalue weighted by Gasteiger charge is 2.39. The highest BCUT2D eigenvalue weighted by molar-refractivity contribution is 5.92. The molecule has 0 aliphatic carbocycles. The van der Waals surface area contributed by atoms with Crippen molar-refractivity contribution in [1.82, 2.24) is 0 Å². The van der Waals surface area contributed by atoms with E-state index in [4.69, 9.17) is 15.6 Å². The van der Waals surface area contributed by atoms with Gasteiger partial charge < -0.3 is 9.84 Å². The molecule has 0 bridgehead atoms. The van der Waals surface area contributed by atoms with Gasteiger partial charge in [-0.15, -0.1) is 0 Å². The summed E-state index contributed by atoms with van der Waals surface area (Å²) >= 11 is 0. The average Bonchev–Trinajstić information content (AvgIpc) is 2.35. The van der Waals surface area contributed by atoms with Crippen molar-refractivity contribution in [3.8, 4) is 12.1 Å². The minimum absolute atomic E-state index is 0.431. The molecule has 9 heteroatoms. The first kappa shape index (κ1) is 19.5. The SMILES string of the molecule is C=C(C#N)C(=O)O.C=C(C#N)C(=O)OC(C)C(F)(F)F. The summed E-state index contributed by atoms with van der Waals surface area (Å²) in [6.07, 6.45) is -6.85. The Morgan fingerprint density at radius 1 is 1.20 bits per heavy atom. The van der Waals surface area contributed by atoms with Crippen LogP contribution in [-0.4, -0.2) is 29.3 Å². The monoisotopic (exact) mass is 290 g/mol. The van der Waals surface area contributed by atoms with E-state index in [1.165, 1.54) is 12.1 Å². The van der Waals surface area contributed by atoms with Crippen LogP contribution in [0.3, 0.4) is 0 Å². The number of esters is 1. The van der Waals surface area contributed by atoms with Crippen molar-refractivity contribution in [2.24, 2.45) is 0 Å². The highest BCUT2D eigenvalue weighted by atomic mass is 19.4. The number of hydrogen-bond donors (Lipinski definition) is 1. The molecule has 1 N–H and O–H groups in total. The number of alkyl halides is 3. The predicted octanol–water partition coefficient (Wildman–Crippen LogP) is 1.71. The fourth-order valence-corrected chi connectivity index (χ4v) is 0.392. The van der Waals surface area contributed by atoms with Crippen molar-refractivity contribution in [1.29, 1.82) is 10.5 Å². The Morgan fingerprint density at radius 2 is 1.60 bits per heavy atom. The molecule has 0 saturated carbocycles. The molecule has 1 atom stereocenters. The Kier molecular flexibility index (Phi) is 8.12. The Hall–Kier alpha value is -2.81. The van der Waals surface area contributed by atoms with Gasteiger partial charge in [-0.05, 0) is 6.92 Å². The van der Waals surface area contributed by atoms with Crippen LogP contribution in [0.25, 0.3) is 0 Å². The molecule has 0 fully saturated rings. The summed E-state index contributed by atoms with van der Waals surface area (Å²) in [5.41, 5.74) is -1.09. The molecule has 0 aliphatic heterocycles. The fourth-order valence-electron chi connectivity index (χ4n) is 0.392. The van der Waals surface area contributed by atoms with E-state index < -0.39 is 35.4 Å². The number of carboxylic acids is 1. The highest BCUT2D eigenvalue weighted by Crippen LogP contribution is 2.22. The van der Waals surface area contributed by atoms with Crippen LogP contribution in [0.4, 0.5) is 13.2 Å². The summed E-state index contributed by atoms with van der Waals surface area (Å²) in [6, 6.07) is 2.66. The lowest BCUT2D eigenvalue weighted by Gasteiger charge is -2.15. The molecular weight excluding hydrogens is 281 g/mol. The van der Waals surface area contributed by atoms with E-state index in [2.05, 4.69) is 17.9 Å². The minimum atomic E-state index is -4.62. The summed E-state index contributed by atoms with van der Waals surface area (Å²) in [5, 5.41) is 23.7. The fraction of sp³-hybridized carbons (Fsp3) is 0.273. The molecule has 0 rings (SSSR count). The normalized spacial score (nSPS) is 10.7. The number of carbonyl (C=O) groups excluding carboxylic acids is 1. The first-order valence-electron chi connectivity index (χ1n) is 4.66. The third-order valence-electron chi connectivity index (χ3n) is 1.52. The van der Waals surface area contributed by atoms with Gasteiger partial charge in [0.1, 0.15) is 23.3 Å². The Labute approximate surface area is 112 Å². The number of ether oxygens (including phenoxy) is 1. The van der Waals surface area contributed by atoms with E-state index in [9.17, 15) is 22.8 Å². The van der Waals surface area contributed by atoms with Gasteiger partial charge in [0.05, 0.1) is 0 Å². The maximum absolute atomic E-state index is 11.8. The third-order valence-corrected chi connectivity index (χ3v) is 1.52. The number of halogens is 3. The number of carboxylic acid groups (broad SMARTS) is 1. The van der Waals surface area contributed by atoms with Crippen LogP contribution in [0.2, 0.25) is 0 Å². The Balaban J connectivity index is 0. The standard InChI is InChI=1S/C7H6F3NO2.C4H3NO2/c1-4(3-11)6(12)13-5(2)7(8,9)10;1-3(2-5)4(6)7/h5H,1H2,2H3;1H2,(H,6,7). The maximum Gasteiger partial charge on any atom is 0.425 e. The van der Waals surface area contributed by atoms with E-state index in [1.54, 1.807) is 0 Å². The quantitative estimate of drug-likeness (QED) is 0.481. The Morgan fingerprint density at radius 3 is 1.80 bits per heavy atom. The lowest BCUT2D eigenvalue weighted by atomic mass is 10.3. The average molecular weight is 290 g/mol. The molecule has 0 aliphatic rings. The molecule has 1 unspecified atom stereocenters. The van der Waals surface area contributed by atoms with E-state index in [0.29, 0.717) is 6.92 Å². The second-order valence-electron chi connectivity index (χ2n) is 3.08. The van der Waals surface area contributed by atoms with Crippen molar-refractivity contribution in [3.05, 3.63) is 24.3 Å². The number of nitriles is 2. The second-order valence-corrected chi connectivity index (χ2v) is 3.08. The molecule has 0 aromatic rings. The van der Waals surface area contributed by atoms with Gasteiger partial charge in [-0.2, -0.15) is 23.7 Å². The number of hydrogen-bond acceptors (Lipinski definition) is 5. The first-order chi connectivity index (χ1) is 8.97. The van der Waals surface area contributed by atoms with Gasteiger partial charge in [0.25, 0.3) is 0 Å². The molecule has 0 amide bonds. The maximum atomic E-state index is 11.8. The number of rotatable bonds is 3. The molecule has 0 saturated heterocycles. The molecule has 0 heterocycles. The van der Waals surface area contributed by atoms with Gasteiger partial charge >= 0.3 is 18.1 Å². The molecule has 6 nitrogen and oxygen atoms in total. The first-order valence-corrected chi connectivity index (χ1v) is 4.66. The molecular formula is C11H9F3N2O4. The summed E-state index contributed by atoms with van der Waals surface area (Å²) < 4.78 is 39.2. The second kappa shape index (κ2) is 8.32. The van der Waals surface area contributed by atoms with E-state index >= 15 is 0 Å². The molecule has 20 heavy (non-hydrogen) atoms. The van der Waals surface area contributed by atoms with Crippen LogP contribution in [0.15, 0.2) is 24.3 Å². The largest absolute Gasteiger partial charge is 0.477 e. The summed E-state index contributed by atoms with van der Waals surface area (Å²) in [6.45, 7) is 6.49. The minimum Gasteiger partial charge on any atom is -0.477 e. The molecule has 0 radical (unpaired) electrons. The Bertz CT molecular complexity index is 497. The van der Waals surface area contributed by atoms with Crippen LogP contribution in [-0.2, 0) is 14.3 Å². The van der Waals surface area contributed by atoms with Crippen LogP contribution >= 0.6 is 0 Å². The van der Waals surface area contributed by atoms with Crippen molar-refractivity contribution >= 4 is 11.9 Å². The van der Waals surface area contributed by atoms with Gasteiger partial charge in [-0.25, -0.2) is 9.59 Å². The van der Waals surface area contributed by atoms with Crippen LogP contribution in [0, 0.1) is 22.7 Å². The predicted molar refractivity (Wildman–Crippen MR) is 58.8 cm³/mol. The van der Waals surface area contributed by atoms with Crippen molar-refractivity contribution in [2.45, 2.75) is 19.2 Å². The number of nitrogens with zero attached hydrogens (tertiary/aromatic N) is 2. The van der Waals surface area contributed by atoms with Gasteiger partial charge in [-0.1, -0.05) is 13.2 Å². The molecule has 0 aromatic carbocycles. The zero-order chi connectivity index (χ0) is 16.5. The molecule has 108 valence electrons. The van der Waals surface area contributed by atoms with Gasteiger partial charge in [0, 0.05) is 0 Å². The third kappa shape index (κ3) is 8.31. The van der Waals surface area contributed by atoms with Crippen LogP contribution < -0.4 is 0 Å². The van der Waals surface area contributed by atoms with Crippen LogP contribution in [0.1, 0.15) is 6.92 Å². The van der Waals surface area contributed by atoms with Gasteiger partial charge in [-0.3, -0.25) is 0 Å². The zero-order valence-corrected chi connectivity index (χ0v) is 10.2. The van der Waals surface area contributed by atoms with Crippen molar-refractivity contribution < 1.29 is 32.6 Å². The zero-order valence-electron chi connectivity index (χ0n) is 10.2. The summed E-state index contributed by atoms with van der Waals surface area (Å²) in [4.78, 5) is 20.2. The topological polar surface area (TPSA) is 111 Å².